The maximum atomic E-state index is 13.3. The second kappa shape index (κ2) is 15.6. The fraction of sp³-hybridized carbons (Fsp3) is 0.463. The third-order valence-corrected chi connectivity index (χ3v) is 12.6. The summed E-state index contributed by atoms with van der Waals surface area (Å²) in [5, 5.41) is 0.0160. The Labute approximate surface area is 302 Å². The van der Waals surface area contributed by atoms with Gasteiger partial charge in [-0.3, -0.25) is 9.78 Å². The lowest BCUT2D eigenvalue weighted by Gasteiger charge is -2.45. The van der Waals surface area contributed by atoms with Gasteiger partial charge in [0.05, 0.1) is 17.5 Å². The molecule has 4 atom stereocenters. The van der Waals surface area contributed by atoms with Crippen LogP contribution in [0.15, 0.2) is 72.9 Å². The number of allylic oxidation sites excluding steroid dienone is 2. The van der Waals surface area contributed by atoms with Crippen molar-refractivity contribution in [2.45, 2.75) is 82.8 Å². The summed E-state index contributed by atoms with van der Waals surface area (Å²) in [5.41, 5.74) is 4.46. The number of amides is 1. The first-order valence-corrected chi connectivity index (χ1v) is 19.9. The molecule has 264 valence electrons. The number of fused-ring (bicyclic) bond motifs is 3. The molecule has 1 saturated carbocycles. The number of aromatic nitrogens is 1. The van der Waals surface area contributed by atoms with Crippen molar-refractivity contribution >= 4 is 33.2 Å². The minimum atomic E-state index is -3.79. The van der Waals surface area contributed by atoms with Crippen molar-refractivity contribution in [3.05, 3.63) is 100 Å². The Morgan fingerprint density at radius 3 is 2.78 bits per heavy atom. The summed E-state index contributed by atoms with van der Waals surface area (Å²) in [6.45, 7) is 7.28. The maximum absolute atomic E-state index is 13.3. The van der Waals surface area contributed by atoms with Gasteiger partial charge in [0.1, 0.15) is 5.75 Å². The number of rotatable bonds is 10. The molecule has 2 aromatic carbocycles. The molecule has 7 nitrogen and oxygen atoms in total. The summed E-state index contributed by atoms with van der Waals surface area (Å²) in [6.07, 6.45) is 14.1. The summed E-state index contributed by atoms with van der Waals surface area (Å²) >= 11 is 6.46. The SMILES string of the molecule is CC/C=C/[C@H](C#CCCc1ccccn1)[C@@H]1CC[C@H]1CN1C[C@@]2(CCCc3cc(Cl)ccc32)COc2ccc(C(=O)NS(=O)(=O)C(C)C)cc21. The molecule has 6 rings (SSSR count). The zero-order chi connectivity index (χ0) is 35.3. The number of nitrogens with zero attached hydrogens (tertiary/aromatic N) is 2. The number of nitrogens with one attached hydrogen (secondary N) is 1. The standard InChI is InChI=1S/C41H48ClN3O4S/c1-4-5-11-30(12-6-7-14-35-15-8-9-23-43-35)36-19-16-33(36)26-45-27-41(22-10-13-31-24-34(42)18-20-37(31)41)28-49-39-21-17-32(25-38(39)45)40(46)44-50(47,48)29(2)3/h5,8-9,11,15,17-18,20-21,23-25,29-30,33,36H,4,7,10,13-14,16,19,22,26-28H2,1-3H3,(H,44,46)/b11-5+/t30-,33+,36+,41+/m1/s1. The van der Waals surface area contributed by atoms with Crippen LogP contribution < -0.4 is 14.4 Å². The molecule has 50 heavy (non-hydrogen) atoms. The number of pyridine rings is 1. The van der Waals surface area contributed by atoms with E-state index >= 15 is 0 Å². The van der Waals surface area contributed by atoms with E-state index in [0.717, 1.165) is 80.9 Å². The van der Waals surface area contributed by atoms with Crippen LogP contribution in [0.2, 0.25) is 5.02 Å². The molecule has 1 aliphatic heterocycles. The highest BCUT2D eigenvalue weighted by molar-refractivity contribution is 7.90. The molecule has 1 N–H and O–H groups in total. The number of halogens is 1. The van der Waals surface area contributed by atoms with E-state index in [4.69, 9.17) is 16.3 Å². The van der Waals surface area contributed by atoms with Crippen LogP contribution in [0.4, 0.5) is 5.69 Å². The van der Waals surface area contributed by atoms with Gasteiger partial charge in [0.25, 0.3) is 5.91 Å². The van der Waals surface area contributed by atoms with Gasteiger partial charge in [-0.15, -0.1) is 5.92 Å². The average molecular weight is 714 g/mol. The molecule has 1 amide bonds. The van der Waals surface area contributed by atoms with Crippen LogP contribution in [0.3, 0.4) is 0 Å². The molecule has 1 aromatic heterocycles. The minimum absolute atomic E-state index is 0.157. The van der Waals surface area contributed by atoms with Crippen LogP contribution in [0.25, 0.3) is 0 Å². The lowest BCUT2D eigenvalue weighted by molar-refractivity contribution is 0.0981. The summed E-state index contributed by atoms with van der Waals surface area (Å²) in [6, 6.07) is 17.5. The number of hydrogen-bond acceptors (Lipinski definition) is 6. The number of aryl methyl sites for hydroxylation is 2. The Hall–Kier alpha value is -3.80. The fourth-order valence-corrected chi connectivity index (χ4v) is 8.45. The topological polar surface area (TPSA) is 88.6 Å². The molecule has 1 spiro atoms. The second-order valence-electron chi connectivity index (χ2n) is 14.3. The Balaban J connectivity index is 1.30. The van der Waals surface area contributed by atoms with Crippen LogP contribution in [-0.2, 0) is 28.3 Å². The van der Waals surface area contributed by atoms with Gasteiger partial charge in [-0.2, -0.15) is 0 Å². The Kier molecular flexibility index (Phi) is 11.2. The molecule has 2 heterocycles. The van der Waals surface area contributed by atoms with Crippen molar-refractivity contribution in [2.24, 2.45) is 17.8 Å². The van der Waals surface area contributed by atoms with Gasteiger partial charge in [0.15, 0.2) is 0 Å². The molecule has 0 bridgehead atoms. The van der Waals surface area contributed by atoms with Crippen molar-refractivity contribution in [3.63, 3.8) is 0 Å². The smallest absolute Gasteiger partial charge is 0.264 e. The lowest BCUT2D eigenvalue weighted by Crippen LogP contribution is -2.49. The Morgan fingerprint density at radius 2 is 2.04 bits per heavy atom. The van der Waals surface area contributed by atoms with E-state index in [1.165, 1.54) is 11.1 Å². The van der Waals surface area contributed by atoms with Crippen molar-refractivity contribution in [3.8, 4) is 17.6 Å². The third kappa shape index (κ3) is 8.05. The number of sulfonamides is 1. The molecule has 0 radical (unpaired) electrons. The van der Waals surface area contributed by atoms with Gasteiger partial charge >= 0.3 is 0 Å². The number of carbonyl (C=O) groups is 1. The predicted octanol–water partition coefficient (Wildman–Crippen LogP) is 7.92. The number of anilines is 1. The summed E-state index contributed by atoms with van der Waals surface area (Å²) in [7, 11) is -3.79. The van der Waals surface area contributed by atoms with Gasteiger partial charge in [0.2, 0.25) is 10.0 Å². The molecular weight excluding hydrogens is 666 g/mol. The molecule has 2 aliphatic carbocycles. The van der Waals surface area contributed by atoms with Crippen LogP contribution in [0, 0.1) is 29.6 Å². The van der Waals surface area contributed by atoms with E-state index in [-0.39, 0.29) is 11.3 Å². The van der Waals surface area contributed by atoms with Crippen LogP contribution >= 0.6 is 11.6 Å². The molecule has 3 aliphatic rings. The van der Waals surface area contributed by atoms with E-state index in [1.807, 2.05) is 42.6 Å². The van der Waals surface area contributed by atoms with E-state index in [0.29, 0.717) is 29.8 Å². The summed E-state index contributed by atoms with van der Waals surface area (Å²) in [5.74, 6) is 8.12. The van der Waals surface area contributed by atoms with E-state index in [1.54, 1.807) is 19.9 Å². The van der Waals surface area contributed by atoms with Gasteiger partial charge in [0, 0.05) is 59.7 Å². The predicted molar refractivity (Wildman–Crippen MR) is 201 cm³/mol. The average Bonchev–Trinajstić information content (AvgIpc) is 3.24. The highest BCUT2D eigenvalue weighted by Gasteiger charge is 2.44. The zero-order valence-corrected chi connectivity index (χ0v) is 30.9. The van der Waals surface area contributed by atoms with Crippen LogP contribution in [0.1, 0.15) is 86.5 Å². The Bertz CT molecular complexity index is 1880. The molecule has 1 fully saturated rings. The lowest BCUT2D eigenvalue weighted by atomic mass is 9.66. The number of benzene rings is 2. The van der Waals surface area contributed by atoms with Gasteiger partial charge in [-0.25, -0.2) is 13.1 Å². The van der Waals surface area contributed by atoms with Crippen molar-refractivity contribution in [2.75, 3.05) is 24.6 Å². The molecule has 9 heteroatoms. The molecular formula is C41H48ClN3O4S. The van der Waals surface area contributed by atoms with Gasteiger partial charge in [-0.1, -0.05) is 48.7 Å². The van der Waals surface area contributed by atoms with E-state index in [9.17, 15) is 13.2 Å². The second-order valence-corrected chi connectivity index (χ2v) is 17.0. The molecule has 3 aromatic rings. The van der Waals surface area contributed by atoms with Crippen molar-refractivity contribution in [1.82, 2.24) is 9.71 Å². The zero-order valence-electron chi connectivity index (χ0n) is 29.3. The normalized spacial score (nSPS) is 22.1. The van der Waals surface area contributed by atoms with Gasteiger partial charge < -0.3 is 9.64 Å². The van der Waals surface area contributed by atoms with Crippen molar-refractivity contribution < 1.29 is 17.9 Å². The highest BCUT2D eigenvalue weighted by Crippen LogP contribution is 2.47. The van der Waals surface area contributed by atoms with Crippen molar-refractivity contribution in [1.29, 1.82) is 0 Å². The van der Waals surface area contributed by atoms with E-state index < -0.39 is 21.2 Å². The number of ether oxygens (including phenoxy) is 1. The third-order valence-electron chi connectivity index (χ3n) is 10.6. The van der Waals surface area contributed by atoms with E-state index in [2.05, 4.69) is 57.7 Å². The first-order chi connectivity index (χ1) is 24.1. The Morgan fingerprint density at radius 1 is 1.18 bits per heavy atom. The largest absolute Gasteiger partial charge is 0.490 e. The van der Waals surface area contributed by atoms with Crippen LogP contribution in [0.5, 0.6) is 5.75 Å². The number of hydrogen-bond donors (Lipinski definition) is 1. The first kappa shape index (κ1) is 36.0. The fourth-order valence-electron chi connectivity index (χ4n) is 7.65. The summed E-state index contributed by atoms with van der Waals surface area (Å²) < 4.78 is 34.1. The minimum Gasteiger partial charge on any atom is -0.490 e. The number of carbonyl (C=O) groups excluding carboxylic acids is 1. The first-order valence-electron chi connectivity index (χ1n) is 18.0. The highest BCUT2D eigenvalue weighted by atomic mass is 35.5. The van der Waals surface area contributed by atoms with Crippen LogP contribution in [-0.4, -0.2) is 44.3 Å². The summed E-state index contributed by atoms with van der Waals surface area (Å²) in [4.78, 5) is 20.1. The maximum Gasteiger partial charge on any atom is 0.264 e. The quantitative estimate of drug-likeness (QED) is 0.170. The molecule has 0 unspecified atom stereocenters. The monoisotopic (exact) mass is 713 g/mol. The van der Waals surface area contributed by atoms with Gasteiger partial charge in [-0.05, 0) is 118 Å². The molecule has 0 saturated heterocycles.